The van der Waals surface area contributed by atoms with Crippen LogP contribution in [0.4, 0.5) is 0 Å². The molecule has 0 radical (unpaired) electrons. The van der Waals surface area contributed by atoms with Crippen LogP contribution in [-0.2, 0) is 9.59 Å². The van der Waals surface area contributed by atoms with Crippen molar-refractivity contribution >= 4 is 11.8 Å². The van der Waals surface area contributed by atoms with E-state index in [9.17, 15) is 9.59 Å². The van der Waals surface area contributed by atoms with Gasteiger partial charge in [0, 0.05) is 12.8 Å². The normalized spacial score (nSPS) is 15.8. The van der Waals surface area contributed by atoms with E-state index in [0.29, 0.717) is 12.8 Å². The Morgan fingerprint density at radius 3 is 1.56 bits per heavy atom. The van der Waals surface area contributed by atoms with E-state index in [4.69, 9.17) is 0 Å². The molecule has 0 aliphatic carbocycles. The van der Waals surface area contributed by atoms with Gasteiger partial charge in [-0.3, -0.25) is 14.9 Å². The van der Waals surface area contributed by atoms with Crippen LogP contribution in [0, 0.1) is 12.8 Å². The maximum Gasteiger partial charge on any atom is 0.227 e. The molecular weight excluding hydrogens is 118 g/mol. The molecule has 9 heavy (non-hydrogen) atoms. The summed E-state index contributed by atoms with van der Waals surface area (Å²) in [7, 11) is 0. The van der Waals surface area contributed by atoms with E-state index >= 15 is 0 Å². The van der Waals surface area contributed by atoms with E-state index in [1.807, 2.05) is 0 Å². The van der Waals surface area contributed by atoms with E-state index in [2.05, 4.69) is 18.2 Å². The molecule has 2 amide bonds. The second-order valence-corrected chi connectivity index (χ2v) is 1.47. The smallest absolute Gasteiger partial charge is 0.227 e. The SMILES string of the molecule is C#C.O=C1CCC(=O)N1. The van der Waals surface area contributed by atoms with Crippen LogP contribution in [-0.4, -0.2) is 11.8 Å². The summed E-state index contributed by atoms with van der Waals surface area (Å²) < 4.78 is 0. The first-order chi connectivity index (χ1) is 4.29. The van der Waals surface area contributed by atoms with Gasteiger partial charge in [0.15, 0.2) is 0 Å². The van der Waals surface area contributed by atoms with Gasteiger partial charge in [-0.1, -0.05) is 0 Å². The summed E-state index contributed by atoms with van der Waals surface area (Å²) in [6.07, 6.45) is 8.75. The third kappa shape index (κ3) is 2.50. The number of imide groups is 1. The van der Waals surface area contributed by atoms with Crippen molar-refractivity contribution in [1.29, 1.82) is 0 Å². The fourth-order valence-electron chi connectivity index (χ4n) is 0.508. The van der Waals surface area contributed by atoms with Gasteiger partial charge in [-0.2, -0.15) is 0 Å². The minimum atomic E-state index is -0.148. The highest BCUT2D eigenvalue weighted by molar-refractivity contribution is 6.01. The number of rotatable bonds is 0. The van der Waals surface area contributed by atoms with E-state index in [-0.39, 0.29) is 11.8 Å². The second kappa shape index (κ2) is 3.67. The maximum absolute atomic E-state index is 10.1. The Kier molecular flexibility index (Phi) is 3.14. The van der Waals surface area contributed by atoms with Crippen LogP contribution in [0.25, 0.3) is 0 Å². The predicted molar refractivity (Wildman–Crippen MR) is 32.3 cm³/mol. The Bertz CT molecular complexity index is 134. The van der Waals surface area contributed by atoms with E-state index in [0.717, 1.165) is 0 Å². The third-order valence-electron chi connectivity index (χ3n) is 0.858. The molecule has 48 valence electrons. The average Bonchev–Trinajstić information content (AvgIpc) is 2.20. The van der Waals surface area contributed by atoms with Crippen LogP contribution in [0.15, 0.2) is 0 Å². The highest BCUT2D eigenvalue weighted by Crippen LogP contribution is 1.95. The summed E-state index contributed by atoms with van der Waals surface area (Å²) in [5.74, 6) is -0.296. The number of carbonyl (C=O) groups is 2. The van der Waals surface area contributed by atoms with Gasteiger partial charge in [-0.25, -0.2) is 0 Å². The predicted octanol–water partition coefficient (Wildman–Crippen LogP) is -0.328. The number of hydrogen-bond donors (Lipinski definition) is 1. The molecular formula is C6H7NO2. The van der Waals surface area contributed by atoms with Gasteiger partial charge < -0.3 is 0 Å². The zero-order valence-electron chi connectivity index (χ0n) is 4.89. The van der Waals surface area contributed by atoms with Crippen molar-refractivity contribution in [3.8, 4) is 12.8 Å². The van der Waals surface area contributed by atoms with E-state index < -0.39 is 0 Å². The van der Waals surface area contributed by atoms with Crippen molar-refractivity contribution in [2.24, 2.45) is 0 Å². The van der Waals surface area contributed by atoms with Crippen molar-refractivity contribution in [2.75, 3.05) is 0 Å². The molecule has 0 saturated carbocycles. The van der Waals surface area contributed by atoms with Crippen LogP contribution in [0.3, 0.4) is 0 Å². The van der Waals surface area contributed by atoms with Crippen LogP contribution < -0.4 is 5.32 Å². The highest BCUT2D eigenvalue weighted by atomic mass is 16.2. The summed E-state index contributed by atoms with van der Waals surface area (Å²) in [4.78, 5) is 20.2. The third-order valence-corrected chi connectivity index (χ3v) is 0.858. The van der Waals surface area contributed by atoms with Crippen LogP contribution in [0.2, 0.25) is 0 Å². The fraction of sp³-hybridized carbons (Fsp3) is 0.333. The summed E-state index contributed by atoms with van der Waals surface area (Å²) in [6.45, 7) is 0. The summed E-state index contributed by atoms with van der Waals surface area (Å²) in [5.41, 5.74) is 0. The molecule has 0 spiro atoms. The summed E-state index contributed by atoms with van der Waals surface area (Å²) >= 11 is 0. The maximum atomic E-state index is 10.1. The lowest BCUT2D eigenvalue weighted by atomic mass is 10.4. The zero-order chi connectivity index (χ0) is 7.28. The quantitative estimate of drug-likeness (QED) is 0.356. The van der Waals surface area contributed by atoms with Gasteiger partial charge in [0.1, 0.15) is 0 Å². The zero-order valence-corrected chi connectivity index (χ0v) is 4.89. The number of amides is 2. The lowest BCUT2D eigenvalue weighted by Gasteiger charge is -1.79. The van der Waals surface area contributed by atoms with Gasteiger partial charge in [0.2, 0.25) is 11.8 Å². The lowest BCUT2D eigenvalue weighted by molar-refractivity contribution is -0.124. The largest absolute Gasteiger partial charge is 0.296 e. The fourth-order valence-corrected chi connectivity index (χ4v) is 0.508. The van der Waals surface area contributed by atoms with Crippen molar-refractivity contribution < 1.29 is 9.59 Å². The first-order valence-corrected chi connectivity index (χ1v) is 2.45. The van der Waals surface area contributed by atoms with Crippen molar-refractivity contribution in [2.45, 2.75) is 12.8 Å². The lowest BCUT2D eigenvalue weighted by Crippen LogP contribution is -2.18. The Hall–Kier alpha value is -1.30. The summed E-state index contributed by atoms with van der Waals surface area (Å²) in [5, 5.41) is 2.14. The van der Waals surface area contributed by atoms with E-state index in [1.165, 1.54) is 0 Å². The topological polar surface area (TPSA) is 46.2 Å². The molecule has 0 aromatic rings. The van der Waals surface area contributed by atoms with Crippen LogP contribution >= 0.6 is 0 Å². The molecule has 1 saturated heterocycles. The monoisotopic (exact) mass is 125 g/mol. The van der Waals surface area contributed by atoms with Crippen LogP contribution in [0.5, 0.6) is 0 Å². The first kappa shape index (κ1) is 7.70. The van der Waals surface area contributed by atoms with Crippen molar-refractivity contribution in [1.82, 2.24) is 5.32 Å². The molecule has 1 aliphatic heterocycles. The molecule has 0 unspecified atom stereocenters. The molecule has 1 N–H and O–H groups in total. The Labute approximate surface area is 53.4 Å². The standard InChI is InChI=1S/C4H5NO2.C2H2/c6-3-1-2-4(7)5-3;1-2/h1-2H2,(H,5,6,7);1-2H. The second-order valence-electron chi connectivity index (χ2n) is 1.47. The average molecular weight is 125 g/mol. The van der Waals surface area contributed by atoms with Gasteiger partial charge in [0.05, 0.1) is 0 Å². The number of terminal acetylenes is 1. The summed E-state index contributed by atoms with van der Waals surface area (Å²) in [6, 6.07) is 0. The molecule has 0 bridgehead atoms. The molecule has 0 atom stereocenters. The van der Waals surface area contributed by atoms with Crippen molar-refractivity contribution in [3.63, 3.8) is 0 Å². The van der Waals surface area contributed by atoms with Gasteiger partial charge >= 0.3 is 0 Å². The molecule has 1 fully saturated rings. The molecule has 1 heterocycles. The molecule has 1 rings (SSSR count). The number of hydrogen-bond acceptors (Lipinski definition) is 2. The van der Waals surface area contributed by atoms with Gasteiger partial charge in [-0.15, -0.1) is 12.8 Å². The van der Waals surface area contributed by atoms with Gasteiger partial charge in [-0.05, 0) is 0 Å². The number of carbonyl (C=O) groups excluding carboxylic acids is 2. The van der Waals surface area contributed by atoms with Crippen molar-refractivity contribution in [3.05, 3.63) is 0 Å². The molecule has 1 aliphatic rings. The number of nitrogens with one attached hydrogen (secondary N) is 1. The highest BCUT2D eigenvalue weighted by Gasteiger charge is 2.15. The molecule has 0 aromatic heterocycles. The minimum absolute atomic E-state index is 0.148. The molecule has 0 aromatic carbocycles. The minimum Gasteiger partial charge on any atom is -0.296 e. The van der Waals surface area contributed by atoms with Crippen LogP contribution in [0.1, 0.15) is 12.8 Å². The first-order valence-electron chi connectivity index (χ1n) is 2.45. The van der Waals surface area contributed by atoms with E-state index in [1.54, 1.807) is 0 Å². The molecule has 3 heteroatoms. The molecule has 3 nitrogen and oxygen atoms in total. The Morgan fingerprint density at radius 2 is 1.44 bits per heavy atom. The Balaban J connectivity index is 0.000000291. The van der Waals surface area contributed by atoms with Gasteiger partial charge in [0.25, 0.3) is 0 Å². The Morgan fingerprint density at radius 1 is 1.11 bits per heavy atom.